The van der Waals surface area contributed by atoms with E-state index in [2.05, 4.69) is 25.9 Å². The van der Waals surface area contributed by atoms with Gasteiger partial charge in [0.05, 0.1) is 35.3 Å². The second-order valence-corrected chi connectivity index (χ2v) is 5.26. The molecule has 0 bridgehead atoms. The average Bonchev–Trinajstić information content (AvgIpc) is 2.89. The van der Waals surface area contributed by atoms with E-state index in [1.165, 1.54) is 6.07 Å². The number of hydrogen-bond donors (Lipinski definition) is 1. The van der Waals surface area contributed by atoms with Crippen LogP contribution >= 0.6 is 15.9 Å². The quantitative estimate of drug-likeness (QED) is 0.771. The van der Waals surface area contributed by atoms with Gasteiger partial charge in [0.25, 0.3) is 0 Å². The molecule has 0 atom stereocenters. The van der Waals surface area contributed by atoms with Crippen LogP contribution < -0.4 is 9.47 Å². The van der Waals surface area contributed by atoms with Crippen LogP contribution in [-0.2, 0) is 0 Å². The van der Waals surface area contributed by atoms with Gasteiger partial charge in [0, 0.05) is 6.07 Å². The smallest absolute Gasteiger partial charge is 0.171 e. The number of aromatic nitrogens is 2. The van der Waals surface area contributed by atoms with Crippen molar-refractivity contribution in [3.8, 4) is 22.9 Å². The highest BCUT2D eigenvalue weighted by atomic mass is 79.9. The van der Waals surface area contributed by atoms with E-state index >= 15 is 0 Å². The van der Waals surface area contributed by atoms with Gasteiger partial charge >= 0.3 is 0 Å². The molecule has 0 radical (unpaired) electrons. The van der Waals surface area contributed by atoms with Gasteiger partial charge < -0.3 is 14.5 Å². The summed E-state index contributed by atoms with van der Waals surface area (Å²) in [6.45, 7) is 0. The SMILES string of the molecule is COc1cccc(-c2nc3cc(Br)c(F)cc3[nH]2)c1OC. The van der Waals surface area contributed by atoms with Crippen LogP contribution in [0.2, 0.25) is 0 Å². The lowest BCUT2D eigenvalue weighted by molar-refractivity contribution is 0.356. The molecule has 0 amide bonds. The number of hydrogen-bond acceptors (Lipinski definition) is 3. The summed E-state index contributed by atoms with van der Waals surface area (Å²) >= 11 is 3.16. The summed E-state index contributed by atoms with van der Waals surface area (Å²) in [6.07, 6.45) is 0. The number of nitrogens with one attached hydrogen (secondary N) is 1. The van der Waals surface area contributed by atoms with Crippen LogP contribution in [0.25, 0.3) is 22.4 Å². The van der Waals surface area contributed by atoms with Crippen LogP contribution in [0.3, 0.4) is 0 Å². The van der Waals surface area contributed by atoms with Crippen molar-refractivity contribution >= 4 is 27.0 Å². The molecule has 0 saturated heterocycles. The average molecular weight is 351 g/mol. The molecular weight excluding hydrogens is 339 g/mol. The first-order valence-corrected chi connectivity index (χ1v) is 6.99. The lowest BCUT2D eigenvalue weighted by Crippen LogP contribution is -1.93. The summed E-state index contributed by atoms with van der Waals surface area (Å²) < 4.78 is 24.6. The minimum Gasteiger partial charge on any atom is -0.493 e. The molecule has 3 rings (SSSR count). The van der Waals surface area contributed by atoms with Crippen molar-refractivity contribution in [1.82, 2.24) is 9.97 Å². The zero-order valence-corrected chi connectivity index (χ0v) is 13.0. The van der Waals surface area contributed by atoms with Gasteiger partial charge in [0.1, 0.15) is 11.6 Å². The maximum absolute atomic E-state index is 13.6. The Morgan fingerprint density at radius 1 is 1.19 bits per heavy atom. The molecule has 0 aliphatic rings. The fourth-order valence-corrected chi connectivity index (χ4v) is 2.54. The third kappa shape index (κ3) is 2.35. The molecule has 1 heterocycles. The second kappa shape index (κ2) is 5.37. The monoisotopic (exact) mass is 350 g/mol. The molecule has 0 aliphatic carbocycles. The van der Waals surface area contributed by atoms with Crippen LogP contribution in [0.15, 0.2) is 34.8 Å². The van der Waals surface area contributed by atoms with Gasteiger partial charge in [-0.15, -0.1) is 0 Å². The first kappa shape index (κ1) is 13.9. The Hall–Kier alpha value is -2.08. The zero-order chi connectivity index (χ0) is 15.0. The summed E-state index contributed by atoms with van der Waals surface area (Å²) in [7, 11) is 3.15. The summed E-state index contributed by atoms with van der Waals surface area (Å²) in [4.78, 5) is 7.58. The van der Waals surface area contributed by atoms with Gasteiger partial charge in [-0.2, -0.15) is 0 Å². The maximum atomic E-state index is 13.6. The van der Waals surface area contributed by atoms with Crippen molar-refractivity contribution in [2.45, 2.75) is 0 Å². The minimum atomic E-state index is -0.338. The van der Waals surface area contributed by atoms with Crippen molar-refractivity contribution in [3.05, 3.63) is 40.6 Å². The predicted molar refractivity (Wildman–Crippen MR) is 82.3 cm³/mol. The van der Waals surface area contributed by atoms with Crippen LogP contribution in [-0.4, -0.2) is 24.2 Å². The molecular formula is C15H12BrFN2O2. The van der Waals surface area contributed by atoms with E-state index in [0.29, 0.717) is 32.8 Å². The predicted octanol–water partition coefficient (Wildman–Crippen LogP) is 4.15. The molecule has 21 heavy (non-hydrogen) atoms. The second-order valence-electron chi connectivity index (χ2n) is 4.41. The first-order chi connectivity index (χ1) is 10.1. The number of halogens is 2. The fraction of sp³-hybridized carbons (Fsp3) is 0.133. The lowest BCUT2D eigenvalue weighted by atomic mass is 10.1. The van der Waals surface area contributed by atoms with E-state index in [0.717, 1.165) is 5.56 Å². The number of para-hydroxylation sites is 1. The molecule has 3 aromatic rings. The molecule has 4 nitrogen and oxygen atoms in total. The molecule has 0 unspecified atom stereocenters. The van der Waals surface area contributed by atoms with Crippen molar-refractivity contribution in [2.75, 3.05) is 14.2 Å². The van der Waals surface area contributed by atoms with Gasteiger partial charge in [-0.05, 0) is 34.1 Å². The maximum Gasteiger partial charge on any atom is 0.171 e. The Bertz CT molecular complexity index is 778. The Balaban J connectivity index is 2.21. The fourth-order valence-electron chi connectivity index (χ4n) is 2.21. The molecule has 1 aromatic heterocycles. The summed E-state index contributed by atoms with van der Waals surface area (Å²) in [5.41, 5.74) is 2.04. The lowest BCUT2D eigenvalue weighted by Gasteiger charge is -2.10. The Morgan fingerprint density at radius 3 is 2.71 bits per heavy atom. The summed E-state index contributed by atoms with van der Waals surface area (Å²) in [5, 5.41) is 0. The highest BCUT2D eigenvalue weighted by Crippen LogP contribution is 2.37. The van der Waals surface area contributed by atoms with Crippen molar-refractivity contribution < 1.29 is 13.9 Å². The van der Waals surface area contributed by atoms with E-state index in [1.54, 1.807) is 26.4 Å². The van der Waals surface area contributed by atoms with E-state index in [1.807, 2.05) is 12.1 Å². The zero-order valence-electron chi connectivity index (χ0n) is 11.4. The van der Waals surface area contributed by atoms with E-state index in [9.17, 15) is 4.39 Å². The van der Waals surface area contributed by atoms with E-state index < -0.39 is 0 Å². The van der Waals surface area contributed by atoms with Gasteiger partial charge in [0.15, 0.2) is 11.5 Å². The number of aromatic amines is 1. The number of nitrogens with zero attached hydrogens (tertiary/aromatic N) is 1. The Kier molecular flexibility index (Phi) is 3.55. The number of benzene rings is 2. The molecule has 1 N–H and O–H groups in total. The molecule has 108 valence electrons. The van der Waals surface area contributed by atoms with Crippen LogP contribution in [0.1, 0.15) is 0 Å². The Morgan fingerprint density at radius 2 is 2.00 bits per heavy atom. The van der Waals surface area contributed by atoms with Gasteiger partial charge in [-0.1, -0.05) is 6.07 Å². The number of ether oxygens (including phenoxy) is 2. The van der Waals surface area contributed by atoms with Gasteiger partial charge in [-0.25, -0.2) is 9.37 Å². The van der Waals surface area contributed by atoms with Gasteiger partial charge in [0.2, 0.25) is 0 Å². The molecule has 0 aliphatic heterocycles. The number of methoxy groups -OCH3 is 2. The van der Waals surface area contributed by atoms with E-state index in [4.69, 9.17) is 9.47 Å². The highest BCUT2D eigenvalue weighted by molar-refractivity contribution is 9.10. The standard InChI is InChI=1S/C15H12BrFN2O2/c1-20-13-5-3-4-8(14(13)21-2)15-18-11-6-9(16)10(17)7-12(11)19-15/h3-7H,1-2H3,(H,18,19). The molecule has 0 saturated carbocycles. The van der Waals surface area contributed by atoms with Crippen LogP contribution in [0.5, 0.6) is 11.5 Å². The third-order valence-electron chi connectivity index (χ3n) is 3.18. The summed E-state index contributed by atoms with van der Waals surface area (Å²) in [5.74, 6) is 1.45. The van der Waals surface area contributed by atoms with Crippen molar-refractivity contribution in [1.29, 1.82) is 0 Å². The van der Waals surface area contributed by atoms with Crippen molar-refractivity contribution in [3.63, 3.8) is 0 Å². The minimum absolute atomic E-state index is 0.338. The molecule has 0 fully saturated rings. The Labute approximate surface area is 129 Å². The summed E-state index contributed by atoms with van der Waals surface area (Å²) in [6, 6.07) is 8.56. The normalized spacial score (nSPS) is 10.9. The van der Waals surface area contributed by atoms with Crippen molar-refractivity contribution in [2.24, 2.45) is 0 Å². The topological polar surface area (TPSA) is 47.1 Å². The van der Waals surface area contributed by atoms with Crippen LogP contribution in [0.4, 0.5) is 4.39 Å². The molecule has 6 heteroatoms. The largest absolute Gasteiger partial charge is 0.493 e. The molecule has 2 aromatic carbocycles. The number of fused-ring (bicyclic) bond motifs is 1. The van der Waals surface area contributed by atoms with E-state index in [-0.39, 0.29) is 5.82 Å². The molecule has 0 spiro atoms. The highest BCUT2D eigenvalue weighted by Gasteiger charge is 2.15. The number of imidazole rings is 1. The van der Waals surface area contributed by atoms with Crippen LogP contribution in [0, 0.1) is 5.82 Å². The first-order valence-electron chi connectivity index (χ1n) is 6.20. The number of rotatable bonds is 3. The van der Waals surface area contributed by atoms with Gasteiger partial charge in [-0.3, -0.25) is 0 Å². The third-order valence-corrected chi connectivity index (χ3v) is 3.79. The number of H-pyrrole nitrogens is 1.